The normalized spacial score (nSPS) is 24.8. The fraction of sp³-hybridized carbons (Fsp3) is 0.500. The molecule has 0 radical (unpaired) electrons. The number of hydrogen-bond acceptors (Lipinski definition) is 1. The van der Waals surface area contributed by atoms with E-state index in [1.54, 1.807) is 6.08 Å². The lowest BCUT2D eigenvalue weighted by molar-refractivity contribution is 0.360. The molecule has 0 saturated heterocycles. The first-order valence-corrected chi connectivity index (χ1v) is 4.77. The zero-order chi connectivity index (χ0) is 9.19. The zero-order valence-electron chi connectivity index (χ0n) is 7.39. The largest absolute Gasteiger partial charge is 0.193 e. The monoisotopic (exact) mass is 225 g/mol. The summed E-state index contributed by atoms with van der Waals surface area (Å²) in [5, 5.41) is 8.50. The summed E-state index contributed by atoms with van der Waals surface area (Å²) in [5.41, 5.74) is 1.41. The molecule has 64 valence electrons. The summed E-state index contributed by atoms with van der Waals surface area (Å²) in [6.07, 6.45) is 5.74. The lowest BCUT2D eigenvalue weighted by Crippen LogP contribution is -2.15. The highest BCUT2D eigenvalue weighted by Crippen LogP contribution is 2.39. The Morgan fingerprint density at radius 3 is 2.75 bits per heavy atom. The molecule has 0 unspecified atom stereocenters. The minimum atomic E-state index is 0.288. The molecular weight excluding hydrogens is 214 g/mol. The third kappa shape index (κ3) is 2.49. The lowest BCUT2D eigenvalue weighted by atomic mass is 9.79. The van der Waals surface area contributed by atoms with Crippen molar-refractivity contribution in [2.75, 3.05) is 0 Å². The SMILES string of the molecule is CC1(C)CC(Br)=C/C(=C/C#N)C1. The molecular formula is C10H12BrN. The van der Waals surface area contributed by atoms with E-state index < -0.39 is 0 Å². The summed E-state index contributed by atoms with van der Waals surface area (Å²) < 4.78 is 1.19. The lowest BCUT2D eigenvalue weighted by Gasteiger charge is -2.28. The molecule has 0 amide bonds. The molecule has 0 atom stereocenters. The predicted octanol–water partition coefficient (Wildman–Crippen LogP) is 3.54. The second-order valence-electron chi connectivity index (χ2n) is 3.96. The fourth-order valence-electron chi connectivity index (χ4n) is 1.55. The minimum absolute atomic E-state index is 0.288. The third-order valence-corrected chi connectivity index (χ3v) is 2.43. The van der Waals surface area contributed by atoms with Crippen molar-refractivity contribution >= 4 is 15.9 Å². The molecule has 1 aliphatic rings. The van der Waals surface area contributed by atoms with Gasteiger partial charge in [0.1, 0.15) is 0 Å². The molecule has 0 aliphatic heterocycles. The molecule has 1 rings (SSSR count). The van der Waals surface area contributed by atoms with Crippen LogP contribution in [0.1, 0.15) is 26.7 Å². The van der Waals surface area contributed by atoms with Gasteiger partial charge in [0.2, 0.25) is 0 Å². The van der Waals surface area contributed by atoms with Gasteiger partial charge in [-0.15, -0.1) is 0 Å². The van der Waals surface area contributed by atoms with Gasteiger partial charge in [-0.05, 0) is 34.4 Å². The number of allylic oxidation sites excluding steroid dienone is 4. The predicted molar refractivity (Wildman–Crippen MR) is 53.7 cm³/mol. The second-order valence-corrected chi connectivity index (χ2v) is 4.98. The molecule has 0 fully saturated rings. The van der Waals surface area contributed by atoms with E-state index >= 15 is 0 Å². The number of nitrogens with zero attached hydrogens (tertiary/aromatic N) is 1. The van der Waals surface area contributed by atoms with Crippen LogP contribution in [0.4, 0.5) is 0 Å². The van der Waals surface area contributed by atoms with E-state index in [-0.39, 0.29) is 5.41 Å². The van der Waals surface area contributed by atoms with E-state index in [9.17, 15) is 0 Å². The quantitative estimate of drug-likeness (QED) is 0.579. The van der Waals surface area contributed by atoms with E-state index in [0.29, 0.717) is 0 Å². The van der Waals surface area contributed by atoms with Crippen molar-refractivity contribution in [3.63, 3.8) is 0 Å². The van der Waals surface area contributed by atoms with Gasteiger partial charge in [0.05, 0.1) is 6.07 Å². The van der Waals surface area contributed by atoms with Gasteiger partial charge in [-0.3, -0.25) is 0 Å². The van der Waals surface area contributed by atoms with Crippen LogP contribution in [-0.4, -0.2) is 0 Å². The molecule has 0 aromatic carbocycles. The Morgan fingerprint density at radius 2 is 2.25 bits per heavy atom. The Morgan fingerprint density at radius 1 is 1.58 bits per heavy atom. The third-order valence-electron chi connectivity index (χ3n) is 1.92. The number of hydrogen-bond donors (Lipinski definition) is 0. The number of nitriles is 1. The van der Waals surface area contributed by atoms with Gasteiger partial charge in [0.15, 0.2) is 0 Å². The highest BCUT2D eigenvalue weighted by Gasteiger charge is 2.24. The molecule has 0 N–H and O–H groups in total. The van der Waals surface area contributed by atoms with Gasteiger partial charge in [0, 0.05) is 6.08 Å². The highest BCUT2D eigenvalue weighted by atomic mass is 79.9. The highest BCUT2D eigenvalue weighted by molar-refractivity contribution is 9.11. The molecule has 1 aliphatic carbocycles. The number of rotatable bonds is 0. The van der Waals surface area contributed by atoms with Crippen LogP contribution in [0.3, 0.4) is 0 Å². The first-order valence-electron chi connectivity index (χ1n) is 3.98. The molecule has 0 saturated carbocycles. The summed E-state index contributed by atoms with van der Waals surface area (Å²) in [6, 6.07) is 2.07. The Labute approximate surface area is 81.9 Å². The molecule has 12 heavy (non-hydrogen) atoms. The number of halogens is 1. The Bertz CT molecular complexity index is 279. The summed E-state index contributed by atoms with van der Waals surface area (Å²) in [6.45, 7) is 4.43. The van der Waals surface area contributed by atoms with E-state index in [2.05, 4.69) is 41.9 Å². The van der Waals surface area contributed by atoms with Crippen LogP contribution in [0.2, 0.25) is 0 Å². The summed E-state index contributed by atoms with van der Waals surface area (Å²) in [4.78, 5) is 0. The van der Waals surface area contributed by atoms with Crippen LogP contribution in [0.5, 0.6) is 0 Å². The Balaban J connectivity index is 2.90. The van der Waals surface area contributed by atoms with Crippen molar-refractivity contribution in [2.24, 2.45) is 5.41 Å². The second kappa shape index (κ2) is 3.45. The molecule has 2 heteroatoms. The smallest absolute Gasteiger partial charge is 0.0914 e. The molecule has 0 aromatic heterocycles. The van der Waals surface area contributed by atoms with E-state index in [1.807, 2.05) is 0 Å². The van der Waals surface area contributed by atoms with Crippen LogP contribution in [-0.2, 0) is 0 Å². The maximum Gasteiger partial charge on any atom is 0.0914 e. The summed E-state index contributed by atoms with van der Waals surface area (Å²) >= 11 is 3.49. The van der Waals surface area contributed by atoms with Crippen LogP contribution in [0.15, 0.2) is 22.2 Å². The van der Waals surface area contributed by atoms with Gasteiger partial charge in [-0.25, -0.2) is 0 Å². The van der Waals surface area contributed by atoms with Gasteiger partial charge >= 0.3 is 0 Å². The van der Waals surface area contributed by atoms with Crippen molar-refractivity contribution in [1.82, 2.24) is 0 Å². The molecule has 0 bridgehead atoms. The maximum absolute atomic E-state index is 8.50. The summed E-state index contributed by atoms with van der Waals surface area (Å²) in [7, 11) is 0. The molecule has 0 spiro atoms. The van der Waals surface area contributed by atoms with Gasteiger partial charge in [0.25, 0.3) is 0 Å². The topological polar surface area (TPSA) is 23.8 Å². The van der Waals surface area contributed by atoms with Crippen molar-refractivity contribution < 1.29 is 0 Å². The minimum Gasteiger partial charge on any atom is -0.193 e. The molecule has 0 heterocycles. The Hall–Kier alpha value is -0.550. The fourth-order valence-corrected chi connectivity index (χ4v) is 2.60. The maximum atomic E-state index is 8.50. The van der Waals surface area contributed by atoms with Crippen molar-refractivity contribution in [1.29, 1.82) is 5.26 Å². The van der Waals surface area contributed by atoms with Crippen LogP contribution in [0, 0.1) is 16.7 Å². The van der Waals surface area contributed by atoms with E-state index in [4.69, 9.17) is 5.26 Å². The first-order chi connectivity index (χ1) is 5.53. The van der Waals surface area contributed by atoms with Crippen molar-refractivity contribution in [3.05, 3.63) is 22.2 Å². The molecule has 0 aromatic rings. The Kier molecular flexibility index (Phi) is 2.74. The van der Waals surface area contributed by atoms with Crippen molar-refractivity contribution in [2.45, 2.75) is 26.7 Å². The van der Waals surface area contributed by atoms with E-state index in [1.165, 1.54) is 4.48 Å². The van der Waals surface area contributed by atoms with Crippen LogP contribution in [0.25, 0.3) is 0 Å². The van der Waals surface area contributed by atoms with Gasteiger partial charge < -0.3 is 0 Å². The van der Waals surface area contributed by atoms with Crippen LogP contribution < -0.4 is 0 Å². The standard InChI is InChI=1S/C10H12BrN/c1-10(2)6-8(3-4-12)5-9(11)7-10/h3,5H,6-7H2,1-2H3/b8-3-. The van der Waals surface area contributed by atoms with Crippen molar-refractivity contribution in [3.8, 4) is 6.07 Å². The summed E-state index contributed by atoms with van der Waals surface area (Å²) in [5.74, 6) is 0. The van der Waals surface area contributed by atoms with Crippen LogP contribution >= 0.6 is 15.9 Å². The van der Waals surface area contributed by atoms with Gasteiger partial charge in [-0.2, -0.15) is 5.26 Å². The van der Waals surface area contributed by atoms with E-state index in [0.717, 1.165) is 18.4 Å². The first kappa shape index (κ1) is 9.54. The molecule has 1 nitrogen and oxygen atoms in total. The average Bonchev–Trinajstić information content (AvgIpc) is 1.82. The zero-order valence-corrected chi connectivity index (χ0v) is 8.98. The average molecular weight is 226 g/mol. The van der Waals surface area contributed by atoms with Gasteiger partial charge in [-0.1, -0.05) is 29.8 Å².